The van der Waals surface area contributed by atoms with E-state index in [1.54, 1.807) is 23.2 Å². The van der Waals surface area contributed by atoms with Gasteiger partial charge in [-0.15, -0.1) is 0 Å². The van der Waals surface area contributed by atoms with Gasteiger partial charge in [-0.1, -0.05) is 0 Å². The molecule has 1 unspecified atom stereocenters. The molecule has 1 saturated heterocycles. The Labute approximate surface area is 141 Å². The molecule has 1 aliphatic rings. The maximum absolute atomic E-state index is 13.2. The van der Waals surface area contributed by atoms with Crippen molar-refractivity contribution in [3.05, 3.63) is 52.4 Å². The van der Waals surface area contributed by atoms with Gasteiger partial charge in [-0.25, -0.2) is 9.37 Å². The van der Waals surface area contributed by atoms with Crippen LogP contribution < -0.4 is 10.5 Å². The first-order chi connectivity index (χ1) is 11.0. The predicted molar refractivity (Wildman–Crippen MR) is 86.9 cm³/mol. The zero-order valence-electron chi connectivity index (χ0n) is 12.2. The molecule has 1 aromatic carbocycles. The number of aromatic nitrogens is 1. The second-order valence-corrected chi connectivity index (χ2v) is 6.19. The molecular weight excluding hydrogens is 365 g/mol. The van der Waals surface area contributed by atoms with Crippen LogP contribution in [-0.2, 0) is 0 Å². The van der Waals surface area contributed by atoms with Gasteiger partial charge in [0, 0.05) is 25.3 Å². The summed E-state index contributed by atoms with van der Waals surface area (Å²) in [5, 5.41) is 0. The summed E-state index contributed by atoms with van der Waals surface area (Å²) in [5.74, 6) is 0.0226. The molecule has 2 aromatic rings. The van der Waals surface area contributed by atoms with Gasteiger partial charge in [0.25, 0.3) is 5.91 Å². The molecule has 0 radical (unpaired) electrons. The van der Waals surface area contributed by atoms with Crippen molar-refractivity contribution in [3.8, 4) is 11.6 Å². The molecule has 3 rings (SSSR count). The summed E-state index contributed by atoms with van der Waals surface area (Å²) in [6, 6.07) is 7.39. The Balaban J connectivity index is 1.87. The van der Waals surface area contributed by atoms with Crippen molar-refractivity contribution in [2.24, 2.45) is 5.73 Å². The van der Waals surface area contributed by atoms with Gasteiger partial charge in [-0.2, -0.15) is 0 Å². The number of ether oxygens (including phenoxy) is 1. The highest BCUT2D eigenvalue weighted by molar-refractivity contribution is 9.10. The van der Waals surface area contributed by atoms with Crippen molar-refractivity contribution in [1.29, 1.82) is 0 Å². The number of pyridine rings is 1. The van der Waals surface area contributed by atoms with Crippen LogP contribution in [0.15, 0.2) is 41.0 Å². The Bertz CT molecular complexity index is 741. The van der Waals surface area contributed by atoms with Gasteiger partial charge in [0.15, 0.2) is 0 Å². The first kappa shape index (κ1) is 15.9. The lowest BCUT2D eigenvalue weighted by Gasteiger charge is -2.17. The molecule has 1 aliphatic heterocycles. The summed E-state index contributed by atoms with van der Waals surface area (Å²) < 4.78 is 19.3. The molecule has 1 atom stereocenters. The number of hydrogen-bond donors (Lipinski definition) is 1. The summed E-state index contributed by atoms with van der Waals surface area (Å²) in [6.45, 7) is 1.14. The smallest absolute Gasteiger partial charge is 0.259 e. The maximum Gasteiger partial charge on any atom is 0.259 e. The summed E-state index contributed by atoms with van der Waals surface area (Å²) in [7, 11) is 0. The molecule has 1 amide bonds. The van der Waals surface area contributed by atoms with E-state index in [4.69, 9.17) is 10.5 Å². The lowest BCUT2D eigenvalue weighted by Crippen LogP contribution is -2.32. The fourth-order valence-corrected chi connectivity index (χ4v) is 2.87. The SMILES string of the molecule is NC1CCN(C(=O)c2cccnc2Oc2ccc(F)cc2Br)C1. The number of nitrogens with two attached hydrogens (primary N) is 1. The number of benzene rings is 1. The van der Waals surface area contributed by atoms with Crippen LogP contribution in [0, 0.1) is 5.82 Å². The van der Waals surface area contributed by atoms with Gasteiger partial charge in [0.2, 0.25) is 5.88 Å². The number of rotatable bonds is 3. The zero-order chi connectivity index (χ0) is 16.4. The maximum atomic E-state index is 13.2. The Hall–Kier alpha value is -1.99. The largest absolute Gasteiger partial charge is 0.437 e. The number of halogens is 2. The second-order valence-electron chi connectivity index (χ2n) is 5.33. The molecule has 1 aromatic heterocycles. The molecule has 2 N–H and O–H groups in total. The van der Waals surface area contributed by atoms with Crippen molar-refractivity contribution in [2.75, 3.05) is 13.1 Å². The van der Waals surface area contributed by atoms with E-state index in [1.165, 1.54) is 18.2 Å². The average Bonchev–Trinajstić information content (AvgIpc) is 2.96. The van der Waals surface area contributed by atoms with Crippen LogP contribution in [-0.4, -0.2) is 34.9 Å². The Morgan fingerprint density at radius 2 is 2.26 bits per heavy atom. The van der Waals surface area contributed by atoms with Crippen LogP contribution >= 0.6 is 15.9 Å². The Kier molecular flexibility index (Phi) is 4.58. The van der Waals surface area contributed by atoms with E-state index < -0.39 is 0 Å². The molecule has 0 bridgehead atoms. The summed E-state index contributed by atoms with van der Waals surface area (Å²) in [4.78, 5) is 18.4. The third-order valence-corrected chi connectivity index (χ3v) is 4.23. The van der Waals surface area contributed by atoms with E-state index >= 15 is 0 Å². The number of carbonyl (C=O) groups is 1. The van der Waals surface area contributed by atoms with Gasteiger partial charge in [-0.05, 0) is 52.7 Å². The zero-order valence-corrected chi connectivity index (χ0v) is 13.8. The number of hydrogen-bond acceptors (Lipinski definition) is 4. The van der Waals surface area contributed by atoms with Crippen molar-refractivity contribution < 1.29 is 13.9 Å². The minimum atomic E-state index is -0.382. The minimum Gasteiger partial charge on any atom is -0.437 e. The molecule has 0 aliphatic carbocycles. The van der Waals surface area contributed by atoms with Crippen molar-refractivity contribution in [1.82, 2.24) is 9.88 Å². The summed E-state index contributed by atoms with van der Waals surface area (Å²) >= 11 is 3.24. The third kappa shape index (κ3) is 3.51. The standard InChI is InChI=1S/C16H15BrFN3O2/c17-13-8-10(18)3-4-14(13)23-15-12(2-1-6-20-15)16(22)21-7-5-11(19)9-21/h1-4,6,8,11H,5,7,9,19H2. The topological polar surface area (TPSA) is 68.5 Å². The van der Waals surface area contributed by atoms with Gasteiger partial charge < -0.3 is 15.4 Å². The molecule has 1 fully saturated rings. The first-order valence-electron chi connectivity index (χ1n) is 7.17. The molecule has 0 saturated carbocycles. The highest BCUT2D eigenvalue weighted by Gasteiger charge is 2.27. The van der Waals surface area contributed by atoms with Crippen molar-refractivity contribution in [2.45, 2.75) is 12.5 Å². The summed E-state index contributed by atoms with van der Waals surface area (Å²) in [5.41, 5.74) is 6.21. The highest BCUT2D eigenvalue weighted by Crippen LogP contribution is 2.31. The monoisotopic (exact) mass is 379 g/mol. The highest BCUT2D eigenvalue weighted by atomic mass is 79.9. The minimum absolute atomic E-state index is 0.00577. The fourth-order valence-electron chi connectivity index (χ4n) is 2.44. The summed E-state index contributed by atoms with van der Waals surface area (Å²) in [6.07, 6.45) is 2.32. The van der Waals surface area contributed by atoms with Crippen LogP contribution in [0.25, 0.3) is 0 Å². The van der Waals surface area contributed by atoms with Crippen molar-refractivity contribution >= 4 is 21.8 Å². The molecular formula is C16H15BrFN3O2. The number of amides is 1. The average molecular weight is 380 g/mol. The molecule has 0 spiro atoms. The normalized spacial score (nSPS) is 17.3. The van der Waals surface area contributed by atoms with Crippen LogP contribution in [0.5, 0.6) is 11.6 Å². The van der Waals surface area contributed by atoms with Gasteiger partial charge in [0.1, 0.15) is 17.1 Å². The lowest BCUT2D eigenvalue weighted by atomic mass is 10.2. The molecule has 120 valence electrons. The van der Waals surface area contributed by atoms with E-state index in [1.807, 2.05) is 0 Å². The molecule has 23 heavy (non-hydrogen) atoms. The Morgan fingerprint density at radius 3 is 2.96 bits per heavy atom. The molecule has 7 heteroatoms. The quantitative estimate of drug-likeness (QED) is 0.889. The van der Waals surface area contributed by atoms with E-state index in [9.17, 15) is 9.18 Å². The van der Waals surface area contributed by atoms with Gasteiger partial charge in [0.05, 0.1) is 4.47 Å². The molecule has 5 nitrogen and oxygen atoms in total. The fraction of sp³-hybridized carbons (Fsp3) is 0.250. The van der Waals surface area contributed by atoms with Crippen molar-refractivity contribution in [3.63, 3.8) is 0 Å². The van der Waals surface area contributed by atoms with Crippen LogP contribution in [0.3, 0.4) is 0 Å². The molecule has 2 heterocycles. The second kappa shape index (κ2) is 6.64. The van der Waals surface area contributed by atoms with E-state index in [0.717, 1.165) is 6.42 Å². The van der Waals surface area contributed by atoms with E-state index in [-0.39, 0.29) is 23.6 Å². The first-order valence-corrected chi connectivity index (χ1v) is 7.96. The van der Waals surface area contributed by atoms with Crippen LogP contribution in [0.2, 0.25) is 0 Å². The van der Waals surface area contributed by atoms with E-state index in [2.05, 4.69) is 20.9 Å². The third-order valence-electron chi connectivity index (χ3n) is 3.61. The van der Waals surface area contributed by atoms with Gasteiger partial charge >= 0.3 is 0 Å². The lowest BCUT2D eigenvalue weighted by molar-refractivity contribution is 0.0787. The van der Waals surface area contributed by atoms with E-state index in [0.29, 0.717) is 28.9 Å². The number of likely N-dealkylation sites (tertiary alicyclic amines) is 1. The van der Waals surface area contributed by atoms with Gasteiger partial charge in [-0.3, -0.25) is 4.79 Å². The van der Waals surface area contributed by atoms with Crippen LogP contribution in [0.4, 0.5) is 4.39 Å². The number of nitrogens with zero attached hydrogens (tertiary/aromatic N) is 2. The Morgan fingerprint density at radius 1 is 1.43 bits per heavy atom. The predicted octanol–water partition coefficient (Wildman–Crippen LogP) is 2.95. The van der Waals surface area contributed by atoms with Crippen LogP contribution in [0.1, 0.15) is 16.8 Å². The number of carbonyl (C=O) groups excluding carboxylic acids is 1.